The summed E-state index contributed by atoms with van der Waals surface area (Å²) in [7, 11) is 1.72. The Morgan fingerprint density at radius 1 is 1.28 bits per heavy atom. The minimum Gasteiger partial charge on any atom is -0.392 e. The second-order valence-electron chi connectivity index (χ2n) is 3.90. The summed E-state index contributed by atoms with van der Waals surface area (Å²) in [5.41, 5.74) is 1.00. The summed E-state index contributed by atoms with van der Waals surface area (Å²) in [4.78, 5) is -0.0878. The predicted molar refractivity (Wildman–Crippen MR) is 64.3 cm³/mol. The Morgan fingerprint density at radius 2 is 1.89 bits per heavy atom. The van der Waals surface area contributed by atoms with Crippen molar-refractivity contribution in [3.8, 4) is 0 Å². The van der Waals surface area contributed by atoms with E-state index in [1.54, 1.807) is 17.8 Å². The Morgan fingerprint density at radius 3 is 2.33 bits per heavy atom. The monoisotopic (exact) mass is 270 g/mol. The van der Waals surface area contributed by atoms with E-state index in [2.05, 4.69) is 5.10 Å². The highest BCUT2D eigenvalue weighted by atomic mass is 32.2. The lowest BCUT2D eigenvalue weighted by Crippen LogP contribution is -1.96. The molecule has 0 unspecified atom stereocenters. The van der Waals surface area contributed by atoms with Gasteiger partial charge in [-0.2, -0.15) is 5.10 Å². The summed E-state index contributed by atoms with van der Waals surface area (Å²) in [6.45, 7) is 1.43. The van der Waals surface area contributed by atoms with E-state index in [4.69, 9.17) is 5.11 Å². The molecule has 0 saturated heterocycles. The van der Waals surface area contributed by atoms with Crippen LogP contribution in [-0.4, -0.2) is 14.9 Å². The first kappa shape index (κ1) is 13.0. The van der Waals surface area contributed by atoms with Gasteiger partial charge in [-0.05, 0) is 30.7 Å². The van der Waals surface area contributed by atoms with Crippen molar-refractivity contribution in [2.45, 2.75) is 23.5 Å². The van der Waals surface area contributed by atoms with Crippen LogP contribution in [0, 0.1) is 18.6 Å². The third kappa shape index (κ3) is 2.54. The Balaban J connectivity index is 2.37. The summed E-state index contributed by atoms with van der Waals surface area (Å²) in [6, 6.07) is 4.02. The molecule has 0 saturated carbocycles. The van der Waals surface area contributed by atoms with Crippen LogP contribution in [0.5, 0.6) is 0 Å². The Hall–Kier alpha value is -1.40. The molecule has 18 heavy (non-hydrogen) atoms. The molecule has 0 atom stereocenters. The van der Waals surface area contributed by atoms with Crippen molar-refractivity contribution in [3.63, 3.8) is 0 Å². The molecule has 0 bridgehead atoms. The number of halogens is 2. The van der Waals surface area contributed by atoms with E-state index < -0.39 is 11.6 Å². The van der Waals surface area contributed by atoms with Gasteiger partial charge in [-0.1, -0.05) is 11.8 Å². The molecular weight excluding hydrogens is 258 g/mol. The molecule has 0 spiro atoms. The van der Waals surface area contributed by atoms with E-state index in [1.807, 2.05) is 6.92 Å². The summed E-state index contributed by atoms with van der Waals surface area (Å²) in [5.74, 6) is -1.36. The molecule has 6 heteroatoms. The van der Waals surface area contributed by atoms with Gasteiger partial charge >= 0.3 is 0 Å². The molecule has 1 aromatic carbocycles. The van der Waals surface area contributed by atoms with Gasteiger partial charge in [0, 0.05) is 7.05 Å². The third-order valence-electron chi connectivity index (χ3n) is 2.41. The maximum Gasteiger partial charge on any atom is 0.140 e. The highest BCUT2D eigenvalue weighted by molar-refractivity contribution is 7.99. The number of aromatic nitrogens is 2. The fourth-order valence-electron chi connectivity index (χ4n) is 1.59. The Labute approximate surface area is 107 Å². The van der Waals surface area contributed by atoms with Crippen molar-refractivity contribution in [1.82, 2.24) is 9.78 Å². The van der Waals surface area contributed by atoms with Gasteiger partial charge in [0.25, 0.3) is 0 Å². The fourth-order valence-corrected chi connectivity index (χ4v) is 2.51. The van der Waals surface area contributed by atoms with Gasteiger partial charge < -0.3 is 5.11 Å². The summed E-state index contributed by atoms with van der Waals surface area (Å²) in [6.07, 6.45) is 0. The van der Waals surface area contributed by atoms with Gasteiger partial charge in [0.1, 0.15) is 11.6 Å². The van der Waals surface area contributed by atoms with Crippen LogP contribution in [0.1, 0.15) is 11.3 Å². The zero-order chi connectivity index (χ0) is 13.3. The van der Waals surface area contributed by atoms with Crippen LogP contribution in [0.4, 0.5) is 8.78 Å². The van der Waals surface area contributed by atoms with Gasteiger partial charge in [0.05, 0.1) is 22.2 Å². The van der Waals surface area contributed by atoms with E-state index in [1.165, 1.54) is 0 Å². The number of aryl methyl sites for hydroxylation is 2. The van der Waals surface area contributed by atoms with Crippen LogP contribution in [0.15, 0.2) is 28.1 Å². The summed E-state index contributed by atoms with van der Waals surface area (Å²) < 4.78 is 29.0. The molecule has 0 amide bonds. The summed E-state index contributed by atoms with van der Waals surface area (Å²) in [5, 5.41) is 13.6. The number of nitrogens with zero attached hydrogens (tertiary/aromatic N) is 2. The number of rotatable bonds is 3. The van der Waals surface area contributed by atoms with Crippen LogP contribution in [0.25, 0.3) is 0 Å². The smallest absolute Gasteiger partial charge is 0.140 e. The van der Waals surface area contributed by atoms with Crippen molar-refractivity contribution in [3.05, 3.63) is 41.1 Å². The predicted octanol–water partition coefficient (Wildman–Crippen LogP) is 2.65. The molecule has 1 heterocycles. The minimum absolute atomic E-state index is 0.0878. The van der Waals surface area contributed by atoms with Crippen molar-refractivity contribution < 1.29 is 13.9 Å². The normalized spacial score (nSPS) is 10.9. The quantitative estimate of drug-likeness (QED) is 0.931. The molecule has 0 aliphatic heterocycles. The molecular formula is C12H12F2N2OS. The third-order valence-corrected chi connectivity index (χ3v) is 3.59. The zero-order valence-corrected chi connectivity index (χ0v) is 10.8. The van der Waals surface area contributed by atoms with Crippen molar-refractivity contribution >= 4 is 11.8 Å². The first-order valence-electron chi connectivity index (χ1n) is 5.28. The van der Waals surface area contributed by atoms with Crippen LogP contribution >= 0.6 is 11.8 Å². The van der Waals surface area contributed by atoms with E-state index >= 15 is 0 Å². The molecule has 2 rings (SSSR count). The number of benzene rings is 1. The standard InChI is InChI=1S/C12H12F2N2OS/c1-7-3-11(16(2)15-7)18-12-9(13)4-8(6-17)5-10(12)14/h3-5,17H,6H2,1-2H3. The van der Waals surface area contributed by atoms with E-state index in [9.17, 15) is 8.78 Å². The largest absolute Gasteiger partial charge is 0.392 e. The Kier molecular flexibility index (Phi) is 3.68. The maximum atomic E-state index is 13.7. The van der Waals surface area contributed by atoms with Gasteiger partial charge in [-0.25, -0.2) is 8.78 Å². The van der Waals surface area contributed by atoms with Crippen LogP contribution < -0.4 is 0 Å². The molecule has 0 fully saturated rings. The molecule has 2 aromatic rings. The van der Waals surface area contributed by atoms with E-state index in [0.717, 1.165) is 29.6 Å². The highest BCUT2D eigenvalue weighted by Crippen LogP contribution is 2.32. The van der Waals surface area contributed by atoms with Gasteiger partial charge in [0.15, 0.2) is 0 Å². The first-order valence-corrected chi connectivity index (χ1v) is 6.10. The van der Waals surface area contributed by atoms with Gasteiger partial charge in [-0.3, -0.25) is 4.68 Å². The average Bonchev–Trinajstić information content (AvgIpc) is 2.62. The molecule has 0 radical (unpaired) electrons. The van der Waals surface area contributed by atoms with Crippen LogP contribution in [0.2, 0.25) is 0 Å². The fraction of sp³-hybridized carbons (Fsp3) is 0.250. The molecule has 96 valence electrons. The molecule has 1 aromatic heterocycles. The molecule has 3 nitrogen and oxygen atoms in total. The lowest BCUT2D eigenvalue weighted by atomic mass is 10.2. The van der Waals surface area contributed by atoms with Crippen molar-refractivity contribution in [1.29, 1.82) is 0 Å². The zero-order valence-electron chi connectivity index (χ0n) is 9.94. The first-order chi connectivity index (χ1) is 8.51. The lowest BCUT2D eigenvalue weighted by molar-refractivity contribution is 0.280. The highest BCUT2D eigenvalue weighted by Gasteiger charge is 2.14. The van der Waals surface area contributed by atoms with Crippen molar-refractivity contribution in [2.24, 2.45) is 7.05 Å². The topological polar surface area (TPSA) is 38.0 Å². The van der Waals surface area contributed by atoms with Crippen LogP contribution in [0.3, 0.4) is 0 Å². The number of hydrogen-bond acceptors (Lipinski definition) is 3. The minimum atomic E-state index is -0.678. The average molecular weight is 270 g/mol. The van der Waals surface area contributed by atoms with E-state index in [-0.39, 0.29) is 17.1 Å². The molecule has 0 aliphatic rings. The lowest BCUT2D eigenvalue weighted by Gasteiger charge is -2.06. The Bertz CT molecular complexity index is 560. The number of aliphatic hydroxyl groups excluding tert-OH is 1. The number of hydrogen-bond donors (Lipinski definition) is 1. The second kappa shape index (κ2) is 5.07. The number of aliphatic hydroxyl groups is 1. The molecule has 0 aliphatic carbocycles. The van der Waals surface area contributed by atoms with Gasteiger partial charge in [0.2, 0.25) is 0 Å². The van der Waals surface area contributed by atoms with E-state index in [0.29, 0.717) is 5.03 Å². The van der Waals surface area contributed by atoms with Gasteiger partial charge in [-0.15, -0.1) is 0 Å². The second-order valence-corrected chi connectivity index (χ2v) is 4.93. The maximum absolute atomic E-state index is 13.7. The molecule has 1 N–H and O–H groups in total. The SMILES string of the molecule is Cc1cc(Sc2c(F)cc(CO)cc2F)n(C)n1. The summed E-state index contributed by atoms with van der Waals surface area (Å²) >= 11 is 0.976. The van der Waals surface area contributed by atoms with Crippen LogP contribution in [-0.2, 0) is 13.7 Å². The van der Waals surface area contributed by atoms with Crippen molar-refractivity contribution in [2.75, 3.05) is 0 Å².